The number of methoxy groups -OCH3 is 1. The van der Waals surface area contributed by atoms with E-state index in [-0.39, 0.29) is 23.8 Å². The van der Waals surface area contributed by atoms with Gasteiger partial charge in [0.15, 0.2) is 5.17 Å². The van der Waals surface area contributed by atoms with Crippen LogP contribution < -0.4 is 5.32 Å². The number of amidine groups is 1. The molecule has 172 valence electrons. The number of esters is 1. The molecule has 2 aromatic rings. The second kappa shape index (κ2) is 10.3. The van der Waals surface area contributed by atoms with Crippen LogP contribution >= 0.6 is 11.8 Å². The lowest BCUT2D eigenvalue weighted by Gasteiger charge is -2.40. The molecule has 2 aromatic carbocycles. The monoisotopic (exact) mass is 463 g/mol. The third-order valence-electron chi connectivity index (χ3n) is 6.08. The molecule has 4 rings (SSSR count). The number of carbonyl (C=O) groups is 2. The first-order chi connectivity index (χ1) is 16.0. The molecular weight excluding hydrogens is 434 g/mol. The van der Waals surface area contributed by atoms with Crippen LogP contribution in [0.15, 0.2) is 70.9 Å². The Morgan fingerprint density at radius 1 is 1.18 bits per heavy atom. The standard InChI is InChI=1S/C26H29N3O3S/c1-4-21(18-9-6-5-7-10-18)24(30)28-20-13-11-19(12-14-20)23-22(25(31)32-3)17(2)27-26-29(23)15-8-16-33-26/h5-7,9-14,21,23H,4,8,15-16H2,1-3H3,(H,28,30). The molecule has 0 bridgehead atoms. The van der Waals surface area contributed by atoms with Crippen molar-refractivity contribution in [3.63, 3.8) is 0 Å². The van der Waals surface area contributed by atoms with Gasteiger partial charge in [0.05, 0.1) is 30.3 Å². The molecule has 33 heavy (non-hydrogen) atoms. The fourth-order valence-corrected chi connectivity index (χ4v) is 5.44. The number of fused-ring (bicyclic) bond motifs is 1. The minimum atomic E-state index is -0.359. The largest absolute Gasteiger partial charge is 0.466 e. The number of ether oxygens (including phenoxy) is 1. The number of hydrogen-bond acceptors (Lipinski definition) is 6. The van der Waals surface area contributed by atoms with Crippen molar-refractivity contribution in [3.8, 4) is 0 Å². The lowest BCUT2D eigenvalue weighted by Crippen LogP contribution is -2.42. The summed E-state index contributed by atoms with van der Waals surface area (Å²) < 4.78 is 5.09. The van der Waals surface area contributed by atoms with Gasteiger partial charge in [0.1, 0.15) is 0 Å². The molecule has 1 fully saturated rings. The van der Waals surface area contributed by atoms with E-state index < -0.39 is 0 Å². The van der Waals surface area contributed by atoms with Gasteiger partial charge in [0.2, 0.25) is 5.91 Å². The third-order valence-corrected chi connectivity index (χ3v) is 7.16. The third kappa shape index (κ3) is 4.83. The van der Waals surface area contributed by atoms with Crippen molar-refractivity contribution in [2.24, 2.45) is 4.99 Å². The lowest BCUT2D eigenvalue weighted by molar-refractivity contribution is -0.137. The van der Waals surface area contributed by atoms with Crippen LogP contribution in [0.3, 0.4) is 0 Å². The first kappa shape index (κ1) is 23.1. The first-order valence-corrected chi connectivity index (χ1v) is 12.2. The molecule has 2 aliphatic rings. The fourth-order valence-electron chi connectivity index (χ4n) is 4.42. The number of carbonyl (C=O) groups excluding carboxylic acids is 2. The fraction of sp³-hybridized carbons (Fsp3) is 0.346. The number of nitrogens with zero attached hydrogens (tertiary/aromatic N) is 2. The highest BCUT2D eigenvalue weighted by molar-refractivity contribution is 8.13. The Hall–Kier alpha value is -3.06. The molecule has 1 amide bonds. The van der Waals surface area contributed by atoms with Gasteiger partial charge in [-0.15, -0.1) is 0 Å². The molecule has 2 heterocycles. The highest BCUT2D eigenvalue weighted by Gasteiger charge is 2.37. The number of anilines is 1. The Bertz CT molecular complexity index is 1080. The zero-order chi connectivity index (χ0) is 23.4. The van der Waals surface area contributed by atoms with Crippen LogP contribution in [0.4, 0.5) is 5.69 Å². The van der Waals surface area contributed by atoms with E-state index in [0.717, 1.165) is 47.1 Å². The summed E-state index contributed by atoms with van der Waals surface area (Å²) in [6, 6.07) is 17.3. The predicted octanol–water partition coefficient (Wildman–Crippen LogP) is 5.12. The van der Waals surface area contributed by atoms with Crippen LogP contribution in [-0.4, -0.2) is 41.4 Å². The highest BCUT2D eigenvalue weighted by Crippen LogP contribution is 2.40. The Labute approximate surface area is 199 Å². The van der Waals surface area contributed by atoms with Gasteiger partial charge in [-0.25, -0.2) is 9.79 Å². The summed E-state index contributed by atoms with van der Waals surface area (Å²) in [6.45, 7) is 4.71. The van der Waals surface area contributed by atoms with E-state index in [2.05, 4.69) is 15.2 Å². The van der Waals surface area contributed by atoms with Gasteiger partial charge >= 0.3 is 5.97 Å². The molecule has 6 nitrogen and oxygen atoms in total. The maximum absolute atomic E-state index is 12.9. The zero-order valence-corrected chi connectivity index (χ0v) is 20.0. The second-order valence-electron chi connectivity index (χ2n) is 8.17. The van der Waals surface area contributed by atoms with E-state index in [1.807, 2.05) is 68.4 Å². The van der Waals surface area contributed by atoms with Crippen molar-refractivity contribution in [2.45, 2.75) is 38.6 Å². The molecule has 2 unspecified atom stereocenters. The number of thioether (sulfide) groups is 1. The van der Waals surface area contributed by atoms with Crippen LogP contribution in [0.25, 0.3) is 0 Å². The van der Waals surface area contributed by atoms with Gasteiger partial charge in [-0.1, -0.05) is 61.2 Å². The maximum Gasteiger partial charge on any atom is 0.338 e. The summed E-state index contributed by atoms with van der Waals surface area (Å²) in [5.74, 6) is 0.433. The minimum absolute atomic E-state index is 0.0260. The number of nitrogens with one attached hydrogen (secondary N) is 1. The quantitative estimate of drug-likeness (QED) is 0.603. The maximum atomic E-state index is 12.9. The zero-order valence-electron chi connectivity index (χ0n) is 19.2. The smallest absolute Gasteiger partial charge is 0.338 e. The van der Waals surface area contributed by atoms with E-state index in [1.165, 1.54) is 7.11 Å². The SMILES string of the molecule is CCC(C(=O)Nc1ccc(C2C(C(=O)OC)=C(C)N=C3SCCCN32)cc1)c1ccccc1. The second-order valence-corrected chi connectivity index (χ2v) is 9.23. The molecule has 0 aliphatic carbocycles. The molecule has 0 aromatic heterocycles. The summed E-state index contributed by atoms with van der Waals surface area (Å²) in [4.78, 5) is 32.4. The van der Waals surface area contributed by atoms with Gasteiger partial charge in [0.25, 0.3) is 0 Å². The van der Waals surface area contributed by atoms with Crippen molar-refractivity contribution < 1.29 is 14.3 Å². The average Bonchev–Trinajstić information content (AvgIpc) is 2.84. The Kier molecular flexibility index (Phi) is 7.18. The number of aliphatic imine (C=N–C) groups is 1. The number of benzene rings is 2. The van der Waals surface area contributed by atoms with Gasteiger partial charge in [-0.3, -0.25) is 4.79 Å². The van der Waals surface area contributed by atoms with Crippen molar-refractivity contribution in [3.05, 3.63) is 77.0 Å². The summed E-state index contributed by atoms with van der Waals surface area (Å²) in [6.07, 6.45) is 1.75. The van der Waals surface area contributed by atoms with Crippen molar-refractivity contribution in [2.75, 3.05) is 24.7 Å². The molecule has 0 radical (unpaired) electrons. The first-order valence-electron chi connectivity index (χ1n) is 11.3. The van der Waals surface area contributed by atoms with Crippen molar-refractivity contribution in [1.82, 2.24) is 4.90 Å². The molecule has 7 heteroatoms. The molecule has 1 N–H and O–H groups in total. The summed E-state index contributed by atoms with van der Waals surface area (Å²) in [7, 11) is 1.40. The van der Waals surface area contributed by atoms with E-state index in [1.54, 1.807) is 11.8 Å². The molecule has 2 aliphatic heterocycles. The highest BCUT2D eigenvalue weighted by atomic mass is 32.2. The van der Waals surface area contributed by atoms with Gasteiger partial charge < -0.3 is 15.0 Å². The van der Waals surface area contributed by atoms with E-state index in [4.69, 9.17) is 4.74 Å². The molecule has 0 saturated carbocycles. The lowest BCUT2D eigenvalue weighted by atomic mass is 9.93. The van der Waals surface area contributed by atoms with E-state index in [0.29, 0.717) is 11.3 Å². The van der Waals surface area contributed by atoms with Gasteiger partial charge in [-0.2, -0.15) is 0 Å². The van der Waals surface area contributed by atoms with Crippen LogP contribution in [0.1, 0.15) is 49.8 Å². The molecule has 2 atom stereocenters. The van der Waals surface area contributed by atoms with E-state index in [9.17, 15) is 9.59 Å². The summed E-state index contributed by atoms with van der Waals surface area (Å²) in [5, 5.41) is 3.99. The van der Waals surface area contributed by atoms with Gasteiger partial charge in [-0.05, 0) is 43.0 Å². The Morgan fingerprint density at radius 2 is 1.91 bits per heavy atom. The van der Waals surface area contributed by atoms with Crippen molar-refractivity contribution >= 4 is 34.5 Å². The van der Waals surface area contributed by atoms with Crippen molar-refractivity contribution in [1.29, 1.82) is 0 Å². The average molecular weight is 464 g/mol. The van der Waals surface area contributed by atoms with Gasteiger partial charge in [0, 0.05) is 18.0 Å². The van der Waals surface area contributed by atoms with E-state index >= 15 is 0 Å². The number of allylic oxidation sites excluding steroid dienone is 1. The summed E-state index contributed by atoms with van der Waals surface area (Å²) in [5.41, 5.74) is 3.97. The normalized spacial score (nSPS) is 18.8. The Morgan fingerprint density at radius 3 is 2.58 bits per heavy atom. The number of rotatable bonds is 6. The summed E-state index contributed by atoms with van der Waals surface area (Å²) >= 11 is 1.72. The minimum Gasteiger partial charge on any atom is -0.466 e. The van der Waals surface area contributed by atoms with Crippen LogP contribution in [-0.2, 0) is 14.3 Å². The number of hydrogen-bond donors (Lipinski definition) is 1. The van der Waals surface area contributed by atoms with Crippen LogP contribution in [0.2, 0.25) is 0 Å². The molecule has 0 spiro atoms. The predicted molar refractivity (Wildman–Crippen MR) is 133 cm³/mol. The molecular formula is C26H29N3O3S. The number of amides is 1. The van der Waals surface area contributed by atoms with Crippen LogP contribution in [0, 0.1) is 0 Å². The topological polar surface area (TPSA) is 71.0 Å². The molecule has 1 saturated heterocycles. The van der Waals surface area contributed by atoms with Crippen LogP contribution in [0.5, 0.6) is 0 Å². The Balaban J connectivity index is 1.58.